The first-order valence-corrected chi connectivity index (χ1v) is 17.2. The molecule has 1 amide bonds. The number of nitrogens with one attached hydrogen (secondary N) is 1. The molecule has 0 radical (unpaired) electrons. The lowest BCUT2D eigenvalue weighted by atomic mass is 9.88. The summed E-state index contributed by atoms with van der Waals surface area (Å²) in [5, 5.41) is 3.42. The number of thioether (sulfide) groups is 1. The van der Waals surface area contributed by atoms with Gasteiger partial charge < -0.3 is 5.32 Å². The van der Waals surface area contributed by atoms with Crippen LogP contribution < -0.4 is 16.6 Å². The number of rotatable bonds is 7. The van der Waals surface area contributed by atoms with E-state index in [-0.39, 0.29) is 52.7 Å². The Hall–Kier alpha value is -3.76. The molecule has 1 saturated carbocycles. The molecule has 2 aliphatic heterocycles. The Morgan fingerprint density at radius 2 is 1.44 bits per heavy atom. The van der Waals surface area contributed by atoms with Crippen molar-refractivity contribution in [2.45, 2.75) is 62.7 Å². The molecule has 1 N–H and O–H groups in total. The zero-order chi connectivity index (χ0) is 30.9. The van der Waals surface area contributed by atoms with E-state index in [0.717, 1.165) is 30.5 Å². The third-order valence-electron chi connectivity index (χ3n) is 9.76. The summed E-state index contributed by atoms with van der Waals surface area (Å²) in [6.07, 6.45) is 5.24. The van der Waals surface area contributed by atoms with E-state index in [1.807, 2.05) is 23.9 Å². The third-order valence-corrected chi connectivity index (χ3v) is 10.8. The van der Waals surface area contributed by atoms with Crippen LogP contribution in [0.2, 0.25) is 0 Å². The number of pyridine rings is 1. The summed E-state index contributed by atoms with van der Waals surface area (Å²) in [6.45, 7) is 1.37. The number of hydrogen-bond donors (Lipinski definition) is 1. The largest absolute Gasteiger partial charge is 0.353 e. The predicted octanol–water partition coefficient (Wildman–Crippen LogP) is 5.09. The first kappa shape index (κ1) is 29.9. The van der Waals surface area contributed by atoms with Crippen LogP contribution in [0.5, 0.6) is 0 Å². The molecule has 3 fully saturated rings. The highest BCUT2D eigenvalue weighted by molar-refractivity contribution is 7.99. The first-order chi connectivity index (χ1) is 22.0. The van der Waals surface area contributed by atoms with Crippen LogP contribution in [0.4, 0.5) is 4.39 Å². The molecule has 2 saturated heterocycles. The highest BCUT2D eigenvalue weighted by Crippen LogP contribution is 2.35. The standard InChI is InChI=1S/C35H38FN5O3S/c36-26-19-30-32(37-20-26)40(29-15-17-45-18-16-29)35(44)41(34(30)43)28-13-11-27(12-14-28)38-33(42)25-21-39(22-25)31(23-7-3-1-4-8-23)24-9-5-2-6-10-24/h1-10,19-20,25,27-29,31H,11-18,21-22H2,(H,38,42). The van der Waals surface area contributed by atoms with E-state index in [9.17, 15) is 18.8 Å². The van der Waals surface area contributed by atoms with E-state index >= 15 is 0 Å². The molecule has 45 heavy (non-hydrogen) atoms. The van der Waals surface area contributed by atoms with Crippen molar-refractivity contribution in [3.63, 3.8) is 0 Å². The Morgan fingerprint density at radius 3 is 2.07 bits per heavy atom. The van der Waals surface area contributed by atoms with E-state index in [0.29, 0.717) is 38.8 Å². The van der Waals surface area contributed by atoms with Gasteiger partial charge in [-0.1, -0.05) is 60.7 Å². The van der Waals surface area contributed by atoms with Crippen LogP contribution in [-0.2, 0) is 4.79 Å². The topological polar surface area (TPSA) is 89.2 Å². The van der Waals surface area contributed by atoms with E-state index in [1.54, 1.807) is 4.57 Å². The molecule has 0 atom stereocenters. The molecule has 10 heteroatoms. The molecule has 0 spiro atoms. The van der Waals surface area contributed by atoms with Crippen molar-refractivity contribution < 1.29 is 9.18 Å². The van der Waals surface area contributed by atoms with E-state index in [4.69, 9.17) is 0 Å². The fraction of sp³-hybridized carbons (Fsp3) is 0.429. The number of aromatic nitrogens is 3. The van der Waals surface area contributed by atoms with Gasteiger partial charge >= 0.3 is 5.69 Å². The normalized spacial score (nSPS) is 21.6. The van der Waals surface area contributed by atoms with Crippen LogP contribution in [0.3, 0.4) is 0 Å². The van der Waals surface area contributed by atoms with Crippen LogP contribution >= 0.6 is 11.8 Å². The highest BCUT2D eigenvalue weighted by atomic mass is 32.2. The third kappa shape index (κ3) is 5.97. The molecule has 0 bridgehead atoms. The Balaban J connectivity index is 1.02. The Labute approximate surface area is 265 Å². The summed E-state index contributed by atoms with van der Waals surface area (Å²) in [5.41, 5.74) is 1.88. The van der Waals surface area contributed by atoms with Crippen LogP contribution in [0.1, 0.15) is 67.8 Å². The van der Waals surface area contributed by atoms with Gasteiger partial charge in [-0.15, -0.1) is 0 Å². The minimum absolute atomic E-state index is 0.00490. The van der Waals surface area contributed by atoms with Crippen molar-refractivity contribution in [1.82, 2.24) is 24.3 Å². The fourth-order valence-electron chi connectivity index (χ4n) is 7.37. The second-order valence-corrected chi connectivity index (χ2v) is 13.8. The molecule has 1 aliphatic carbocycles. The van der Waals surface area contributed by atoms with Gasteiger partial charge in [0.2, 0.25) is 5.91 Å². The minimum Gasteiger partial charge on any atom is -0.353 e. The molecular formula is C35H38FN5O3S. The summed E-state index contributed by atoms with van der Waals surface area (Å²) >= 11 is 1.85. The Kier molecular flexibility index (Phi) is 8.59. The summed E-state index contributed by atoms with van der Waals surface area (Å²) in [6, 6.07) is 21.8. The average molecular weight is 628 g/mol. The Morgan fingerprint density at radius 1 is 0.844 bits per heavy atom. The Bertz CT molecular complexity index is 1740. The van der Waals surface area contributed by atoms with Crippen LogP contribution in [0, 0.1) is 11.7 Å². The predicted molar refractivity (Wildman–Crippen MR) is 175 cm³/mol. The number of halogens is 1. The number of benzene rings is 2. The molecule has 7 rings (SSSR count). The van der Waals surface area contributed by atoms with E-state index in [1.165, 1.54) is 21.8 Å². The quantitative estimate of drug-likeness (QED) is 0.307. The maximum absolute atomic E-state index is 14.2. The highest BCUT2D eigenvalue weighted by Gasteiger charge is 2.39. The maximum atomic E-state index is 14.2. The van der Waals surface area contributed by atoms with Crippen LogP contribution in [0.15, 0.2) is 82.5 Å². The van der Waals surface area contributed by atoms with Gasteiger partial charge in [0, 0.05) is 31.2 Å². The number of fused-ring (bicyclic) bond motifs is 1. The molecule has 0 unspecified atom stereocenters. The van der Waals surface area contributed by atoms with Crippen LogP contribution in [0.25, 0.3) is 11.0 Å². The molecule has 2 aromatic heterocycles. The minimum atomic E-state index is -0.588. The molecule has 4 heterocycles. The van der Waals surface area contributed by atoms with Crippen molar-refractivity contribution in [2.24, 2.45) is 5.92 Å². The molecule has 2 aromatic carbocycles. The van der Waals surface area contributed by atoms with Gasteiger partial charge in [0.1, 0.15) is 11.5 Å². The average Bonchev–Trinajstić information content (AvgIpc) is 3.05. The SMILES string of the molecule is O=C(NC1CCC(n2c(=O)c3cc(F)cnc3n(C3CCSCC3)c2=O)CC1)C1CN(C(c2ccccc2)c2ccccc2)C1. The molecular weight excluding hydrogens is 589 g/mol. The van der Waals surface area contributed by atoms with Crippen molar-refractivity contribution in [3.05, 3.63) is 111 Å². The van der Waals surface area contributed by atoms with Gasteiger partial charge in [-0.3, -0.25) is 23.6 Å². The summed E-state index contributed by atoms with van der Waals surface area (Å²) in [7, 11) is 0. The number of carbonyl (C=O) groups excluding carboxylic acids is 1. The lowest BCUT2D eigenvalue weighted by Gasteiger charge is -2.44. The molecule has 8 nitrogen and oxygen atoms in total. The smallest absolute Gasteiger partial charge is 0.333 e. The van der Waals surface area contributed by atoms with Crippen molar-refractivity contribution in [1.29, 1.82) is 0 Å². The molecule has 3 aliphatic rings. The second kappa shape index (κ2) is 12.9. The zero-order valence-corrected chi connectivity index (χ0v) is 26.0. The first-order valence-electron chi connectivity index (χ1n) is 16.0. The summed E-state index contributed by atoms with van der Waals surface area (Å²) in [5.74, 6) is 1.26. The van der Waals surface area contributed by atoms with Crippen molar-refractivity contribution in [3.8, 4) is 0 Å². The number of hydrogen-bond acceptors (Lipinski definition) is 6. The van der Waals surface area contributed by atoms with Gasteiger partial charge in [0.05, 0.1) is 23.5 Å². The van der Waals surface area contributed by atoms with Crippen molar-refractivity contribution in [2.75, 3.05) is 24.6 Å². The van der Waals surface area contributed by atoms with Gasteiger partial charge in [0.25, 0.3) is 5.56 Å². The number of amides is 1. The van der Waals surface area contributed by atoms with Gasteiger partial charge in [-0.05, 0) is 67.2 Å². The second-order valence-electron chi connectivity index (χ2n) is 12.6. The lowest BCUT2D eigenvalue weighted by molar-refractivity contribution is -0.132. The summed E-state index contributed by atoms with van der Waals surface area (Å²) < 4.78 is 17.2. The fourth-order valence-corrected chi connectivity index (χ4v) is 8.45. The van der Waals surface area contributed by atoms with Gasteiger partial charge in [0.15, 0.2) is 0 Å². The van der Waals surface area contributed by atoms with Gasteiger partial charge in [-0.25, -0.2) is 14.2 Å². The maximum Gasteiger partial charge on any atom is 0.333 e. The number of nitrogens with zero attached hydrogens (tertiary/aromatic N) is 4. The lowest BCUT2D eigenvalue weighted by Crippen LogP contribution is -2.56. The summed E-state index contributed by atoms with van der Waals surface area (Å²) in [4.78, 5) is 47.3. The van der Waals surface area contributed by atoms with Crippen molar-refractivity contribution >= 4 is 28.7 Å². The zero-order valence-electron chi connectivity index (χ0n) is 25.2. The van der Waals surface area contributed by atoms with Crippen LogP contribution in [-0.4, -0.2) is 55.6 Å². The molecule has 4 aromatic rings. The van der Waals surface area contributed by atoms with E-state index < -0.39 is 11.4 Å². The van der Waals surface area contributed by atoms with Gasteiger partial charge in [-0.2, -0.15) is 11.8 Å². The molecule has 234 valence electrons. The number of likely N-dealkylation sites (tertiary alicyclic amines) is 1. The monoisotopic (exact) mass is 627 g/mol. The van der Waals surface area contributed by atoms with E-state index in [2.05, 4.69) is 63.7 Å². The number of carbonyl (C=O) groups is 1.